The molecule has 0 saturated heterocycles. The van der Waals surface area contributed by atoms with Crippen molar-refractivity contribution in [3.63, 3.8) is 0 Å². The van der Waals surface area contributed by atoms with E-state index < -0.39 is 22.8 Å². The van der Waals surface area contributed by atoms with Crippen molar-refractivity contribution in [2.45, 2.75) is 32.9 Å². The molecule has 2 aromatic rings. The molecule has 2 rings (SSSR count). The lowest BCUT2D eigenvalue weighted by Crippen LogP contribution is -2.39. The molecular weight excluding hydrogens is 348 g/mol. The number of aromatic nitrogens is 2. The molecule has 0 spiro atoms. The van der Waals surface area contributed by atoms with Crippen LogP contribution in [0.1, 0.15) is 42.3 Å². The maximum atomic E-state index is 12.1. The summed E-state index contributed by atoms with van der Waals surface area (Å²) in [6.07, 6.45) is 0. The number of nitrogens with zero attached hydrogens (tertiary/aromatic N) is 3. The van der Waals surface area contributed by atoms with E-state index in [4.69, 9.17) is 4.74 Å². The number of anilines is 1. The SMILES string of the molecule is Cn1c(NCc2ccc(C(=O)OC(C)(C)C)cc2)c(C#N)c(=O)n(C)c1=O. The number of ether oxygens (including phenoxy) is 1. The highest BCUT2D eigenvalue weighted by atomic mass is 16.6. The summed E-state index contributed by atoms with van der Waals surface area (Å²) in [6, 6.07) is 8.58. The molecule has 8 heteroatoms. The predicted octanol–water partition coefficient (Wildman–Crippen LogP) is 1.52. The number of carbonyl (C=O) groups excluding carboxylic acids is 1. The quantitative estimate of drug-likeness (QED) is 0.818. The summed E-state index contributed by atoms with van der Waals surface area (Å²) in [7, 11) is 2.81. The standard InChI is InChI=1S/C19H22N4O4/c1-19(2,3)27-17(25)13-8-6-12(7-9-13)11-21-15-14(10-20)16(24)23(5)18(26)22(15)4/h6-9,21H,11H2,1-5H3. The minimum absolute atomic E-state index is 0.134. The van der Waals surface area contributed by atoms with Crippen molar-refractivity contribution in [1.29, 1.82) is 5.26 Å². The van der Waals surface area contributed by atoms with Crippen molar-refractivity contribution in [3.05, 3.63) is 61.8 Å². The second-order valence-electron chi connectivity index (χ2n) is 7.09. The van der Waals surface area contributed by atoms with Crippen LogP contribution in [0.15, 0.2) is 33.9 Å². The van der Waals surface area contributed by atoms with Gasteiger partial charge in [0.15, 0.2) is 5.56 Å². The third-order valence-corrected chi connectivity index (χ3v) is 3.82. The van der Waals surface area contributed by atoms with Crippen molar-refractivity contribution in [2.75, 3.05) is 5.32 Å². The first-order chi connectivity index (χ1) is 12.5. The lowest BCUT2D eigenvalue weighted by Gasteiger charge is -2.19. The van der Waals surface area contributed by atoms with E-state index in [9.17, 15) is 19.6 Å². The Hall–Kier alpha value is -3.34. The van der Waals surface area contributed by atoms with Gasteiger partial charge in [-0.05, 0) is 38.5 Å². The van der Waals surface area contributed by atoms with Crippen LogP contribution < -0.4 is 16.6 Å². The van der Waals surface area contributed by atoms with Crippen LogP contribution in [-0.2, 0) is 25.4 Å². The van der Waals surface area contributed by atoms with Gasteiger partial charge in [-0.25, -0.2) is 9.59 Å². The van der Waals surface area contributed by atoms with Gasteiger partial charge in [0.05, 0.1) is 5.56 Å². The lowest BCUT2D eigenvalue weighted by molar-refractivity contribution is 0.00695. The third kappa shape index (κ3) is 4.44. The molecule has 142 valence electrons. The summed E-state index contributed by atoms with van der Waals surface area (Å²) in [5.74, 6) is -0.260. The molecule has 0 saturated carbocycles. The molecule has 27 heavy (non-hydrogen) atoms. The molecule has 1 heterocycles. The highest BCUT2D eigenvalue weighted by molar-refractivity contribution is 5.89. The Balaban J connectivity index is 2.22. The molecule has 0 aliphatic rings. The van der Waals surface area contributed by atoms with Gasteiger partial charge < -0.3 is 10.1 Å². The van der Waals surface area contributed by atoms with Gasteiger partial charge in [-0.15, -0.1) is 0 Å². The van der Waals surface area contributed by atoms with Gasteiger partial charge in [-0.1, -0.05) is 12.1 Å². The number of hydrogen-bond acceptors (Lipinski definition) is 6. The Morgan fingerprint density at radius 3 is 2.26 bits per heavy atom. The van der Waals surface area contributed by atoms with Crippen LogP contribution in [0.3, 0.4) is 0 Å². The first kappa shape index (κ1) is 20.0. The Bertz CT molecular complexity index is 1020. The number of carbonyl (C=O) groups is 1. The molecule has 0 aliphatic carbocycles. The molecule has 0 bridgehead atoms. The highest BCUT2D eigenvalue weighted by Gasteiger charge is 2.18. The fourth-order valence-electron chi connectivity index (χ4n) is 2.43. The van der Waals surface area contributed by atoms with E-state index in [1.165, 1.54) is 18.7 Å². The van der Waals surface area contributed by atoms with Gasteiger partial charge in [0.2, 0.25) is 0 Å². The van der Waals surface area contributed by atoms with Crippen LogP contribution in [-0.4, -0.2) is 20.7 Å². The number of rotatable bonds is 4. The van der Waals surface area contributed by atoms with Crippen LogP contribution >= 0.6 is 0 Å². The van der Waals surface area contributed by atoms with E-state index >= 15 is 0 Å². The molecule has 1 aromatic carbocycles. The van der Waals surface area contributed by atoms with Crippen molar-refractivity contribution in [1.82, 2.24) is 9.13 Å². The van der Waals surface area contributed by atoms with Gasteiger partial charge in [-0.3, -0.25) is 13.9 Å². The lowest BCUT2D eigenvalue weighted by atomic mass is 10.1. The van der Waals surface area contributed by atoms with Crippen LogP contribution in [0.2, 0.25) is 0 Å². The first-order valence-corrected chi connectivity index (χ1v) is 8.31. The number of benzene rings is 1. The minimum Gasteiger partial charge on any atom is -0.456 e. The average molecular weight is 370 g/mol. The molecule has 1 aromatic heterocycles. The molecule has 0 radical (unpaired) electrons. The zero-order valence-electron chi connectivity index (χ0n) is 16.0. The molecule has 0 unspecified atom stereocenters. The van der Waals surface area contributed by atoms with E-state index in [2.05, 4.69) is 5.32 Å². The number of hydrogen-bond donors (Lipinski definition) is 1. The highest BCUT2D eigenvalue weighted by Crippen LogP contribution is 2.14. The normalized spacial score (nSPS) is 11.0. The summed E-state index contributed by atoms with van der Waals surface area (Å²) >= 11 is 0. The largest absolute Gasteiger partial charge is 0.456 e. The first-order valence-electron chi connectivity index (χ1n) is 8.31. The average Bonchev–Trinajstić information content (AvgIpc) is 2.60. The smallest absolute Gasteiger partial charge is 0.338 e. The van der Waals surface area contributed by atoms with E-state index in [0.717, 1.165) is 10.1 Å². The molecule has 0 amide bonds. The molecular formula is C19H22N4O4. The molecule has 0 aliphatic heterocycles. The van der Waals surface area contributed by atoms with Gasteiger partial charge in [0.1, 0.15) is 17.5 Å². The number of nitrogens with one attached hydrogen (secondary N) is 1. The fraction of sp³-hybridized carbons (Fsp3) is 0.368. The summed E-state index contributed by atoms with van der Waals surface area (Å²) in [6.45, 7) is 5.66. The minimum atomic E-state index is -0.650. The fourth-order valence-corrected chi connectivity index (χ4v) is 2.43. The Morgan fingerprint density at radius 2 is 1.74 bits per heavy atom. The number of esters is 1. The van der Waals surface area contributed by atoms with Crippen LogP contribution in [0.5, 0.6) is 0 Å². The second-order valence-corrected chi connectivity index (χ2v) is 7.09. The summed E-state index contributed by atoms with van der Waals surface area (Å²) in [5.41, 5.74) is -0.656. The maximum Gasteiger partial charge on any atom is 0.338 e. The van der Waals surface area contributed by atoms with Gasteiger partial charge in [0, 0.05) is 20.6 Å². The Kier molecular flexibility index (Phi) is 5.55. The number of nitriles is 1. The monoisotopic (exact) mass is 370 g/mol. The van der Waals surface area contributed by atoms with Crippen molar-refractivity contribution in [3.8, 4) is 6.07 Å². The summed E-state index contributed by atoms with van der Waals surface area (Å²) in [4.78, 5) is 36.2. The zero-order valence-corrected chi connectivity index (χ0v) is 16.0. The van der Waals surface area contributed by atoms with E-state index in [1.807, 2.05) is 6.07 Å². The van der Waals surface area contributed by atoms with Crippen LogP contribution in [0.25, 0.3) is 0 Å². The van der Waals surface area contributed by atoms with Crippen molar-refractivity contribution < 1.29 is 9.53 Å². The predicted molar refractivity (Wildman–Crippen MR) is 101 cm³/mol. The van der Waals surface area contributed by atoms with Crippen LogP contribution in [0, 0.1) is 11.3 Å². The summed E-state index contributed by atoms with van der Waals surface area (Å²) < 4.78 is 7.42. The van der Waals surface area contributed by atoms with Crippen LogP contribution in [0.4, 0.5) is 5.82 Å². The molecule has 0 fully saturated rings. The maximum absolute atomic E-state index is 12.1. The second kappa shape index (κ2) is 7.50. The zero-order chi connectivity index (χ0) is 20.4. The van der Waals surface area contributed by atoms with E-state index in [1.54, 1.807) is 45.0 Å². The van der Waals surface area contributed by atoms with Gasteiger partial charge in [0.25, 0.3) is 5.56 Å². The molecule has 8 nitrogen and oxygen atoms in total. The molecule has 0 atom stereocenters. The van der Waals surface area contributed by atoms with E-state index in [0.29, 0.717) is 5.56 Å². The Morgan fingerprint density at radius 1 is 1.15 bits per heavy atom. The Labute approximate surface area is 156 Å². The van der Waals surface area contributed by atoms with Gasteiger partial charge >= 0.3 is 11.7 Å². The molecule has 1 N–H and O–H groups in total. The van der Waals surface area contributed by atoms with Crippen molar-refractivity contribution >= 4 is 11.8 Å². The van der Waals surface area contributed by atoms with Crippen molar-refractivity contribution in [2.24, 2.45) is 14.1 Å². The topological polar surface area (TPSA) is 106 Å². The van der Waals surface area contributed by atoms with E-state index in [-0.39, 0.29) is 17.9 Å². The third-order valence-electron chi connectivity index (χ3n) is 3.82. The summed E-state index contributed by atoms with van der Waals surface area (Å²) in [5, 5.41) is 12.2. The van der Waals surface area contributed by atoms with Gasteiger partial charge in [-0.2, -0.15) is 5.26 Å².